The van der Waals surface area contributed by atoms with Crippen LogP contribution in [0.1, 0.15) is 143 Å². The smallest absolute Gasteiger partial charge is 0.0847 e. The first kappa shape index (κ1) is 35.0. The second-order valence-corrected chi connectivity index (χ2v) is 22.7. The number of aliphatic hydroxyl groups excluding tert-OH is 2. The molecule has 8 saturated carbocycles. The van der Waals surface area contributed by atoms with E-state index in [0.29, 0.717) is 47.3 Å². The van der Waals surface area contributed by atoms with E-state index in [4.69, 9.17) is 9.47 Å². The number of hydrogen-bond acceptors (Lipinski definition) is 6. The summed E-state index contributed by atoms with van der Waals surface area (Å²) in [6, 6.07) is 0.888. The third-order valence-corrected chi connectivity index (χ3v) is 21.0. The van der Waals surface area contributed by atoms with Gasteiger partial charge in [0, 0.05) is 12.1 Å². The summed E-state index contributed by atoms with van der Waals surface area (Å²) in [6.07, 6.45) is 26.3. The van der Waals surface area contributed by atoms with Crippen molar-refractivity contribution in [1.82, 2.24) is 9.80 Å². The molecular formula is C46H74N2O4. The summed E-state index contributed by atoms with van der Waals surface area (Å²) >= 11 is 0. The average Bonchev–Trinajstić information content (AvgIpc) is 3.71. The van der Waals surface area contributed by atoms with E-state index in [-0.39, 0.29) is 23.0 Å². The largest absolute Gasteiger partial charge is 0.391 e. The summed E-state index contributed by atoms with van der Waals surface area (Å²) < 4.78 is 12.0. The molecule has 4 aliphatic heterocycles. The van der Waals surface area contributed by atoms with Gasteiger partial charge in [-0.15, -0.1) is 0 Å². The van der Waals surface area contributed by atoms with Crippen LogP contribution in [-0.2, 0) is 9.47 Å². The fourth-order valence-corrected chi connectivity index (χ4v) is 17.9. The van der Waals surface area contributed by atoms with Crippen molar-refractivity contribution in [2.75, 3.05) is 26.2 Å². The number of rotatable bonds is 2. The Balaban J connectivity index is 0.000000123. The Morgan fingerprint density at radius 3 is 1.27 bits per heavy atom. The van der Waals surface area contributed by atoms with Gasteiger partial charge in [-0.3, -0.25) is 9.80 Å². The third-order valence-electron chi connectivity index (χ3n) is 21.0. The van der Waals surface area contributed by atoms with Crippen molar-refractivity contribution in [3.63, 3.8) is 0 Å². The number of nitrogens with zero attached hydrogens (tertiary/aromatic N) is 2. The van der Waals surface area contributed by atoms with Gasteiger partial charge in [-0.25, -0.2) is 0 Å². The maximum absolute atomic E-state index is 11.4. The first-order chi connectivity index (χ1) is 25.0. The molecule has 6 nitrogen and oxygen atoms in total. The van der Waals surface area contributed by atoms with Gasteiger partial charge in [0.25, 0.3) is 0 Å². The van der Waals surface area contributed by atoms with Crippen LogP contribution in [0.25, 0.3) is 0 Å². The molecule has 0 spiro atoms. The quantitative estimate of drug-likeness (QED) is 0.286. The summed E-state index contributed by atoms with van der Waals surface area (Å²) in [4.78, 5) is 5.28. The summed E-state index contributed by atoms with van der Waals surface area (Å²) in [7, 11) is 0. The van der Waals surface area contributed by atoms with Crippen molar-refractivity contribution in [2.45, 2.75) is 192 Å². The maximum atomic E-state index is 11.4. The van der Waals surface area contributed by atoms with Crippen LogP contribution in [0.3, 0.4) is 0 Å². The summed E-state index contributed by atoms with van der Waals surface area (Å²) in [5, 5.41) is 22.8. The van der Waals surface area contributed by atoms with Gasteiger partial charge in [0.1, 0.15) is 0 Å². The van der Waals surface area contributed by atoms with Crippen molar-refractivity contribution >= 4 is 0 Å². The van der Waals surface area contributed by atoms with Crippen LogP contribution < -0.4 is 0 Å². The zero-order valence-electron chi connectivity index (χ0n) is 33.4. The van der Waals surface area contributed by atoms with Crippen LogP contribution in [0.4, 0.5) is 0 Å². The highest BCUT2D eigenvalue weighted by atomic mass is 16.6. The molecule has 292 valence electrons. The molecule has 52 heavy (non-hydrogen) atoms. The van der Waals surface area contributed by atoms with Crippen LogP contribution in [-0.4, -0.2) is 94.9 Å². The number of epoxide rings is 2. The lowest BCUT2D eigenvalue weighted by Gasteiger charge is -2.59. The molecule has 0 bridgehead atoms. The van der Waals surface area contributed by atoms with E-state index >= 15 is 0 Å². The minimum atomic E-state index is -0.0976. The molecule has 8 unspecified atom stereocenters. The molecule has 12 fully saturated rings. The number of ether oxygens (including phenoxy) is 2. The first-order valence-electron chi connectivity index (χ1n) is 23.2. The Labute approximate surface area is 315 Å². The fourth-order valence-electron chi connectivity index (χ4n) is 17.9. The molecule has 20 atom stereocenters. The molecule has 0 amide bonds. The maximum Gasteiger partial charge on any atom is 0.0847 e. The van der Waals surface area contributed by atoms with E-state index < -0.39 is 0 Å². The standard InChI is InChI=1S/2C23H37NO2/c2*1-22-8-7-16-15(6-5-14-11-19-20(26-19)13-23(14,16)2)17(22)12-18(21(22)25)24-9-3-4-10-24/h2*14-21,25H,3-13H2,1-2H3/t14?,15?,16?,17?,18-,19+,20-,21-,22+,23+;14?,15?,16?,17?,18-,19-,20+,21-,22-,23-/m10/s1. The Hall–Kier alpha value is -0.240. The van der Waals surface area contributed by atoms with E-state index in [1.807, 2.05) is 0 Å². The number of fused-ring (bicyclic) bond motifs is 12. The Kier molecular flexibility index (Phi) is 8.16. The highest BCUT2D eigenvalue weighted by Crippen LogP contribution is 2.70. The molecule has 12 rings (SSSR count). The minimum Gasteiger partial charge on any atom is -0.391 e. The molecular weight excluding hydrogens is 645 g/mol. The van der Waals surface area contributed by atoms with Gasteiger partial charge >= 0.3 is 0 Å². The minimum absolute atomic E-state index is 0.0976. The molecule has 4 heterocycles. The molecule has 0 radical (unpaired) electrons. The Morgan fingerprint density at radius 1 is 0.462 bits per heavy atom. The molecule has 12 aliphatic rings. The van der Waals surface area contributed by atoms with Crippen molar-refractivity contribution in [1.29, 1.82) is 0 Å². The van der Waals surface area contributed by atoms with Crippen molar-refractivity contribution in [3.8, 4) is 0 Å². The van der Waals surface area contributed by atoms with Gasteiger partial charge in [-0.1, -0.05) is 27.7 Å². The fraction of sp³-hybridized carbons (Fsp3) is 1.00. The number of aliphatic hydroxyl groups is 2. The monoisotopic (exact) mass is 719 g/mol. The molecule has 2 N–H and O–H groups in total. The lowest BCUT2D eigenvalue weighted by Crippen LogP contribution is -2.54. The predicted molar refractivity (Wildman–Crippen MR) is 204 cm³/mol. The second kappa shape index (κ2) is 12.1. The van der Waals surface area contributed by atoms with Crippen molar-refractivity contribution in [2.24, 2.45) is 69.0 Å². The van der Waals surface area contributed by atoms with Gasteiger partial charge < -0.3 is 19.7 Å². The molecule has 0 aromatic heterocycles. The first-order valence-corrected chi connectivity index (χ1v) is 23.2. The van der Waals surface area contributed by atoms with E-state index in [9.17, 15) is 10.2 Å². The summed E-state index contributed by atoms with van der Waals surface area (Å²) in [5.41, 5.74) is 1.37. The van der Waals surface area contributed by atoms with Gasteiger partial charge in [0.2, 0.25) is 0 Å². The number of hydrogen-bond donors (Lipinski definition) is 2. The van der Waals surface area contributed by atoms with Crippen LogP contribution in [0.5, 0.6) is 0 Å². The van der Waals surface area contributed by atoms with Crippen LogP contribution in [0.2, 0.25) is 0 Å². The zero-order valence-corrected chi connectivity index (χ0v) is 33.4. The second-order valence-electron chi connectivity index (χ2n) is 22.7. The van der Waals surface area contributed by atoms with Crippen molar-refractivity contribution < 1.29 is 19.7 Å². The predicted octanol–water partition coefficient (Wildman–Crippen LogP) is 7.68. The topological polar surface area (TPSA) is 72.0 Å². The zero-order chi connectivity index (χ0) is 35.4. The summed E-state index contributed by atoms with van der Waals surface area (Å²) in [5.74, 6) is 6.77. The molecule has 4 saturated heterocycles. The highest BCUT2D eigenvalue weighted by molar-refractivity contribution is 5.17. The van der Waals surface area contributed by atoms with Gasteiger partial charge in [0.15, 0.2) is 0 Å². The van der Waals surface area contributed by atoms with E-state index in [1.54, 1.807) is 0 Å². The van der Waals surface area contributed by atoms with Gasteiger partial charge in [-0.05, 0) is 211 Å². The lowest BCUT2D eigenvalue weighted by molar-refractivity contribution is -0.119. The number of likely N-dealkylation sites (tertiary alicyclic amines) is 2. The van der Waals surface area contributed by atoms with E-state index in [2.05, 4.69) is 37.5 Å². The van der Waals surface area contributed by atoms with E-state index in [1.165, 1.54) is 142 Å². The van der Waals surface area contributed by atoms with Crippen LogP contribution in [0.15, 0.2) is 0 Å². The molecule has 8 aliphatic carbocycles. The third kappa shape index (κ3) is 5.00. The average molecular weight is 719 g/mol. The normalized spacial score (nSPS) is 61.5. The van der Waals surface area contributed by atoms with Crippen LogP contribution >= 0.6 is 0 Å². The van der Waals surface area contributed by atoms with Crippen molar-refractivity contribution in [3.05, 3.63) is 0 Å². The summed E-state index contributed by atoms with van der Waals surface area (Å²) in [6.45, 7) is 15.0. The van der Waals surface area contributed by atoms with Crippen LogP contribution in [0, 0.1) is 69.0 Å². The molecule has 0 aromatic rings. The Bertz CT molecular complexity index is 1280. The SMILES string of the molecule is C[C@]12C[C@H]3O[C@H]3CC1CCC1C2CC[C@@]2(C)C1C[C@@H](N1CCCC1)[C@H]2O.C[C@]12C[C@H]3O[C@H]3CC1CCC1C2CC[C@@]2(C)C1C[C@H](N1CCCC1)[C@@H]2O. The Morgan fingerprint density at radius 2 is 0.865 bits per heavy atom. The van der Waals surface area contributed by atoms with Gasteiger partial charge in [-0.2, -0.15) is 0 Å². The highest BCUT2D eigenvalue weighted by Gasteiger charge is 2.67. The molecule has 0 aromatic carbocycles. The van der Waals surface area contributed by atoms with Gasteiger partial charge in [0.05, 0.1) is 36.6 Å². The molecule has 6 heteroatoms. The van der Waals surface area contributed by atoms with E-state index in [0.717, 1.165) is 47.3 Å². The lowest BCUT2D eigenvalue weighted by atomic mass is 9.45.